The van der Waals surface area contributed by atoms with Gasteiger partial charge in [0.15, 0.2) is 5.65 Å². The molecule has 0 radical (unpaired) electrons. The third-order valence-electron chi connectivity index (χ3n) is 3.25. The maximum atomic E-state index is 10.7. The van der Waals surface area contributed by atoms with Gasteiger partial charge in [-0.25, -0.2) is 4.98 Å². The van der Waals surface area contributed by atoms with Crippen LogP contribution in [0.2, 0.25) is 5.02 Å². The van der Waals surface area contributed by atoms with E-state index in [0.29, 0.717) is 16.4 Å². The number of nitro groups is 1. The van der Waals surface area contributed by atoms with Crippen LogP contribution < -0.4 is 5.73 Å². The van der Waals surface area contributed by atoms with Gasteiger partial charge >= 0.3 is 0 Å². The highest BCUT2D eigenvalue weighted by molar-refractivity contribution is 6.33. The lowest BCUT2D eigenvalue weighted by Crippen LogP contribution is -2.02. The van der Waals surface area contributed by atoms with Gasteiger partial charge in [0, 0.05) is 30.4 Å². The van der Waals surface area contributed by atoms with E-state index in [2.05, 4.69) is 4.98 Å². The minimum absolute atomic E-state index is 0.0369. The predicted octanol–water partition coefficient (Wildman–Crippen LogP) is 3.02. The Morgan fingerprint density at radius 3 is 2.62 bits per heavy atom. The Kier molecular flexibility index (Phi) is 3.32. The molecule has 2 heterocycles. The summed E-state index contributed by atoms with van der Waals surface area (Å²) in [4.78, 5) is 14.8. The topological polar surface area (TPSA) is 86.5 Å². The molecule has 7 heteroatoms. The van der Waals surface area contributed by atoms with E-state index in [0.717, 1.165) is 11.3 Å². The van der Waals surface area contributed by atoms with Gasteiger partial charge in [0.1, 0.15) is 0 Å². The third-order valence-corrected chi connectivity index (χ3v) is 3.54. The molecule has 3 aromatic rings. The Labute approximate surface area is 124 Å². The van der Waals surface area contributed by atoms with Crippen LogP contribution in [0.5, 0.6) is 0 Å². The van der Waals surface area contributed by atoms with Crippen LogP contribution in [-0.2, 0) is 6.54 Å². The highest BCUT2D eigenvalue weighted by Crippen LogP contribution is 2.28. The van der Waals surface area contributed by atoms with Crippen LogP contribution in [0.4, 0.5) is 5.69 Å². The van der Waals surface area contributed by atoms with E-state index in [1.807, 2.05) is 16.7 Å². The lowest BCUT2D eigenvalue weighted by atomic mass is 10.1. The number of imidazole rings is 1. The van der Waals surface area contributed by atoms with Crippen molar-refractivity contribution in [1.29, 1.82) is 0 Å². The minimum Gasteiger partial charge on any atom is -0.325 e. The summed E-state index contributed by atoms with van der Waals surface area (Å²) in [5.74, 6) is 0. The maximum absolute atomic E-state index is 10.7. The highest BCUT2D eigenvalue weighted by Gasteiger charge is 2.15. The highest BCUT2D eigenvalue weighted by atomic mass is 35.5. The number of hydrogen-bond acceptors (Lipinski definition) is 4. The summed E-state index contributed by atoms with van der Waals surface area (Å²) in [7, 11) is 0. The molecule has 0 atom stereocenters. The summed E-state index contributed by atoms with van der Waals surface area (Å²) in [5, 5.41) is 11.2. The number of rotatable bonds is 3. The molecule has 6 nitrogen and oxygen atoms in total. The molecular formula is C14H11ClN4O2. The predicted molar refractivity (Wildman–Crippen MR) is 80.2 cm³/mol. The van der Waals surface area contributed by atoms with Gasteiger partial charge in [0.2, 0.25) is 0 Å². The fourth-order valence-corrected chi connectivity index (χ4v) is 2.46. The Morgan fingerprint density at radius 2 is 2.00 bits per heavy atom. The molecule has 0 spiro atoms. The number of halogens is 1. The third kappa shape index (κ3) is 2.24. The van der Waals surface area contributed by atoms with Crippen LogP contribution in [0, 0.1) is 10.1 Å². The average molecular weight is 303 g/mol. The van der Waals surface area contributed by atoms with Gasteiger partial charge in [-0.3, -0.25) is 10.1 Å². The first-order valence-electron chi connectivity index (χ1n) is 6.22. The van der Waals surface area contributed by atoms with Gasteiger partial charge < -0.3 is 10.1 Å². The molecule has 2 aromatic heterocycles. The summed E-state index contributed by atoms with van der Waals surface area (Å²) in [6.45, 7) is 0.286. The molecule has 0 aliphatic rings. The molecule has 0 unspecified atom stereocenters. The number of pyridine rings is 1. The summed E-state index contributed by atoms with van der Waals surface area (Å²) in [5.41, 5.74) is 8.72. The largest absolute Gasteiger partial charge is 0.325 e. The molecule has 0 aliphatic carbocycles. The molecule has 1 aromatic carbocycles. The molecule has 106 valence electrons. The van der Waals surface area contributed by atoms with Crippen molar-refractivity contribution in [3.63, 3.8) is 0 Å². The fourth-order valence-electron chi connectivity index (χ4n) is 2.25. The van der Waals surface area contributed by atoms with E-state index in [1.165, 1.54) is 12.1 Å². The summed E-state index contributed by atoms with van der Waals surface area (Å²) in [6.07, 6.45) is 1.84. The van der Waals surface area contributed by atoms with Crippen LogP contribution in [0.3, 0.4) is 0 Å². The number of non-ortho nitro benzene ring substituents is 1. The zero-order valence-corrected chi connectivity index (χ0v) is 11.6. The molecule has 0 saturated heterocycles. The van der Waals surface area contributed by atoms with Crippen molar-refractivity contribution in [3.05, 3.63) is 63.4 Å². The van der Waals surface area contributed by atoms with Crippen molar-refractivity contribution in [1.82, 2.24) is 9.38 Å². The van der Waals surface area contributed by atoms with E-state index < -0.39 is 4.92 Å². The number of aromatic nitrogens is 2. The fraction of sp³-hybridized carbons (Fsp3) is 0.0714. The molecule has 21 heavy (non-hydrogen) atoms. The Morgan fingerprint density at radius 1 is 1.29 bits per heavy atom. The van der Waals surface area contributed by atoms with Crippen LogP contribution in [0.1, 0.15) is 5.69 Å². The van der Waals surface area contributed by atoms with Crippen LogP contribution in [0.25, 0.3) is 16.9 Å². The van der Waals surface area contributed by atoms with Crippen molar-refractivity contribution in [2.24, 2.45) is 5.73 Å². The van der Waals surface area contributed by atoms with Gasteiger partial charge in [-0.05, 0) is 24.3 Å². The molecule has 0 saturated carbocycles. The van der Waals surface area contributed by atoms with Crippen molar-refractivity contribution >= 4 is 22.9 Å². The first-order chi connectivity index (χ1) is 10.1. The summed E-state index contributed by atoms with van der Waals surface area (Å²) < 4.78 is 1.83. The van der Waals surface area contributed by atoms with Gasteiger partial charge in [-0.1, -0.05) is 11.6 Å². The Balaban J connectivity index is 2.19. The molecule has 0 aliphatic heterocycles. The molecule has 3 rings (SSSR count). The first kappa shape index (κ1) is 13.5. The zero-order valence-electron chi connectivity index (χ0n) is 10.9. The number of hydrogen-bond donors (Lipinski definition) is 1. The molecule has 0 amide bonds. The smallest absolute Gasteiger partial charge is 0.269 e. The SMILES string of the molecule is NCc1c(-c2ccc([N+](=O)[O-])cc2)nc2c(Cl)cccn12. The normalized spacial score (nSPS) is 11.0. The standard InChI is InChI=1S/C14H11ClN4O2/c15-11-2-1-7-18-12(8-16)13(17-14(11)18)9-3-5-10(6-4-9)19(20)21/h1-7H,8,16H2. The second kappa shape index (κ2) is 5.16. The number of nitro benzene ring substituents is 1. The maximum Gasteiger partial charge on any atom is 0.269 e. The van der Waals surface area contributed by atoms with E-state index in [-0.39, 0.29) is 12.2 Å². The first-order valence-corrected chi connectivity index (χ1v) is 6.60. The van der Waals surface area contributed by atoms with E-state index in [1.54, 1.807) is 18.2 Å². The van der Waals surface area contributed by atoms with E-state index in [9.17, 15) is 10.1 Å². The molecule has 0 fully saturated rings. The number of benzene rings is 1. The van der Waals surface area contributed by atoms with E-state index in [4.69, 9.17) is 17.3 Å². The van der Waals surface area contributed by atoms with Gasteiger partial charge in [0.05, 0.1) is 21.3 Å². The second-order valence-corrected chi connectivity index (χ2v) is 4.87. The lowest BCUT2D eigenvalue weighted by Gasteiger charge is -2.02. The average Bonchev–Trinajstić information content (AvgIpc) is 2.87. The van der Waals surface area contributed by atoms with Crippen molar-refractivity contribution in [3.8, 4) is 11.3 Å². The van der Waals surface area contributed by atoms with Crippen molar-refractivity contribution in [2.45, 2.75) is 6.54 Å². The number of fused-ring (bicyclic) bond motifs is 1. The Hall–Kier alpha value is -2.44. The minimum atomic E-state index is -0.436. The quantitative estimate of drug-likeness (QED) is 0.595. The number of nitrogens with two attached hydrogens (primary N) is 1. The summed E-state index contributed by atoms with van der Waals surface area (Å²) in [6, 6.07) is 9.78. The van der Waals surface area contributed by atoms with Gasteiger partial charge in [-0.2, -0.15) is 0 Å². The zero-order chi connectivity index (χ0) is 15.0. The van der Waals surface area contributed by atoms with Gasteiger partial charge in [-0.15, -0.1) is 0 Å². The number of nitrogens with zero attached hydrogens (tertiary/aromatic N) is 3. The van der Waals surface area contributed by atoms with E-state index >= 15 is 0 Å². The lowest BCUT2D eigenvalue weighted by molar-refractivity contribution is -0.384. The van der Waals surface area contributed by atoms with Crippen LogP contribution in [-0.4, -0.2) is 14.3 Å². The molecule has 0 bridgehead atoms. The summed E-state index contributed by atoms with van der Waals surface area (Å²) >= 11 is 6.14. The second-order valence-electron chi connectivity index (χ2n) is 4.46. The van der Waals surface area contributed by atoms with Crippen molar-refractivity contribution < 1.29 is 4.92 Å². The Bertz CT molecular complexity index is 827. The molecule has 2 N–H and O–H groups in total. The van der Waals surface area contributed by atoms with Crippen LogP contribution in [0.15, 0.2) is 42.6 Å². The van der Waals surface area contributed by atoms with Gasteiger partial charge in [0.25, 0.3) is 5.69 Å². The van der Waals surface area contributed by atoms with Crippen LogP contribution >= 0.6 is 11.6 Å². The monoisotopic (exact) mass is 302 g/mol. The molecular weight excluding hydrogens is 292 g/mol. The van der Waals surface area contributed by atoms with Crippen molar-refractivity contribution in [2.75, 3.05) is 0 Å².